The third-order valence-electron chi connectivity index (χ3n) is 5.19. The number of hydrogen-bond donors (Lipinski definition) is 1. The number of carbonyl (C=O) groups is 5. The minimum Gasteiger partial charge on any atom is -0.330 e. The summed E-state index contributed by atoms with van der Waals surface area (Å²) >= 11 is 0. The van der Waals surface area contributed by atoms with E-state index in [4.69, 9.17) is 4.84 Å². The van der Waals surface area contributed by atoms with Crippen LogP contribution in [0.4, 0.5) is 4.79 Å². The fourth-order valence-corrected chi connectivity index (χ4v) is 3.80. The zero-order valence-electron chi connectivity index (χ0n) is 14.4. The summed E-state index contributed by atoms with van der Waals surface area (Å²) in [5.41, 5.74) is -0.524. The van der Waals surface area contributed by atoms with E-state index in [-0.39, 0.29) is 30.0 Å². The number of hydrogen-bond acceptors (Lipinski definition) is 6. The summed E-state index contributed by atoms with van der Waals surface area (Å²) in [7, 11) is 0. The molecule has 2 heterocycles. The van der Waals surface area contributed by atoms with Crippen LogP contribution in [-0.2, 0) is 14.4 Å². The van der Waals surface area contributed by atoms with E-state index in [2.05, 4.69) is 5.32 Å². The summed E-state index contributed by atoms with van der Waals surface area (Å²) in [6.45, 7) is -0.172. The molecular formula is C18H17N3O6. The lowest BCUT2D eigenvalue weighted by Gasteiger charge is -2.20. The fourth-order valence-electron chi connectivity index (χ4n) is 3.80. The molecule has 140 valence electrons. The fraction of sp³-hybridized carbons (Fsp3) is 0.389. The van der Waals surface area contributed by atoms with Crippen molar-refractivity contribution in [1.29, 1.82) is 0 Å². The first-order chi connectivity index (χ1) is 12.9. The summed E-state index contributed by atoms with van der Waals surface area (Å²) in [4.78, 5) is 66.9. The maximum Gasteiger partial charge on any atom is 0.335 e. The number of imide groups is 2. The molecular weight excluding hydrogens is 354 g/mol. The molecule has 2 aliphatic heterocycles. The van der Waals surface area contributed by atoms with E-state index in [1.807, 2.05) is 0 Å². The van der Waals surface area contributed by atoms with Gasteiger partial charge in [-0.25, -0.2) is 9.59 Å². The first-order valence-corrected chi connectivity index (χ1v) is 8.76. The largest absolute Gasteiger partial charge is 0.335 e. The van der Waals surface area contributed by atoms with E-state index in [1.54, 1.807) is 12.1 Å². The average molecular weight is 371 g/mol. The number of benzene rings is 1. The van der Waals surface area contributed by atoms with Gasteiger partial charge in [-0.05, 0) is 25.0 Å². The molecule has 1 aliphatic carbocycles. The summed E-state index contributed by atoms with van der Waals surface area (Å²) in [5.74, 6) is -2.65. The molecule has 4 rings (SSSR count). The lowest BCUT2D eigenvalue weighted by Crippen LogP contribution is -2.44. The lowest BCUT2D eigenvalue weighted by atomic mass is 9.98. The molecule has 0 atom stereocenters. The third-order valence-corrected chi connectivity index (χ3v) is 5.19. The zero-order valence-corrected chi connectivity index (χ0v) is 14.4. The highest BCUT2D eigenvalue weighted by atomic mass is 16.7. The Balaban J connectivity index is 1.37. The maximum absolute atomic E-state index is 12.5. The molecule has 1 spiro atoms. The Labute approximate surface area is 154 Å². The minimum atomic E-state index is -0.877. The SMILES string of the molecule is O=C(CCN1C(=O)NC2(CCCC2)C1=O)ON1C(=O)c2ccccc2C1=O. The number of nitrogens with zero attached hydrogens (tertiary/aromatic N) is 2. The summed E-state index contributed by atoms with van der Waals surface area (Å²) in [5, 5.41) is 3.13. The molecule has 9 heteroatoms. The van der Waals surface area contributed by atoms with E-state index in [0.29, 0.717) is 17.9 Å². The van der Waals surface area contributed by atoms with Crippen molar-refractivity contribution >= 4 is 29.7 Å². The molecule has 9 nitrogen and oxygen atoms in total. The van der Waals surface area contributed by atoms with Gasteiger partial charge in [0, 0.05) is 6.54 Å². The molecule has 0 unspecified atom stereocenters. The zero-order chi connectivity index (χ0) is 19.2. The molecule has 0 bridgehead atoms. The van der Waals surface area contributed by atoms with Gasteiger partial charge in [0.1, 0.15) is 5.54 Å². The molecule has 1 saturated heterocycles. The van der Waals surface area contributed by atoms with Gasteiger partial charge in [-0.2, -0.15) is 0 Å². The number of urea groups is 1. The third kappa shape index (κ3) is 2.66. The lowest BCUT2D eigenvalue weighted by molar-refractivity contribution is -0.168. The highest BCUT2D eigenvalue weighted by molar-refractivity contribution is 6.20. The predicted molar refractivity (Wildman–Crippen MR) is 89.1 cm³/mol. The monoisotopic (exact) mass is 371 g/mol. The second kappa shape index (κ2) is 6.19. The number of amides is 5. The van der Waals surface area contributed by atoms with Crippen molar-refractivity contribution in [2.45, 2.75) is 37.6 Å². The van der Waals surface area contributed by atoms with Crippen LogP contribution >= 0.6 is 0 Å². The van der Waals surface area contributed by atoms with Crippen molar-refractivity contribution in [1.82, 2.24) is 15.3 Å². The Kier molecular flexibility index (Phi) is 3.94. The average Bonchev–Trinajstić information content (AvgIpc) is 3.29. The van der Waals surface area contributed by atoms with E-state index < -0.39 is 29.4 Å². The molecule has 1 N–H and O–H groups in total. The quantitative estimate of drug-likeness (QED) is 0.624. The number of fused-ring (bicyclic) bond motifs is 1. The standard InChI is InChI=1S/C18H17N3O6/c22-13(27-21-14(23)11-5-1-2-6-12(11)15(21)24)7-10-20-16(25)18(19-17(20)26)8-3-4-9-18/h1-2,5-6H,3-4,7-10H2,(H,19,26). The molecule has 3 aliphatic rings. The second-order valence-corrected chi connectivity index (χ2v) is 6.84. The van der Waals surface area contributed by atoms with Gasteiger partial charge < -0.3 is 10.2 Å². The first-order valence-electron chi connectivity index (χ1n) is 8.76. The summed E-state index contributed by atoms with van der Waals surface area (Å²) < 4.78 is 0. The van der Waals surface area contributed by atoms with Gasteiger partial charge >= 0.3 is 12.0 Å². The van der Waals surface area contributed by atoms with Crippen molar-refractivity contribution in [3.05, 3.63) is 35.4 Å². The highest BCUT2D eigenvalue weighted by Gasteiger charge is 2.52. The summed E-state index contributed by atoms with van der Waals surface area (Å²) in [6.07, 6.45) is 2.59. The number of rotatable bonds is 4. The Morgan fingerprint density at radius 1 is 1.04 bits per heavy atom. The van der Waals surface area contributed by atoms with Crippen molar-refractivity contribution in [2.24, 2.45) is 0 Å². The first kappa shape index (κ1) is 17.2. The van der Waals surface area contributed by atoms with Crippen molar-refractivity contribution in [3.8, 4) is 0 Å². The molecule has 27 heavy (non-hydrogen) atoms. The van der Waals surface area contributed by atoms with E-state index in [0.717, 1.165) is 17.7 Å². The van der Waals surface area contributed by atoms with E-state index in [9.17, 15) is 24.0 Å². The Morgan fingerprint density at radius 2 is 1.63 bits per heavy atom. The minimum absolute atomic E-state index is 0.160. The predicted octanol–water partition coefficient (Wildman–Crippen LogP) is 0.995. The topological polar surface area (TPSA) is 113 Å². The Bertz CT molecular complexity index is 839. The van der Waals surface area contributed by atoms with Gasteiger partial charge in [0.25, 0.3) is 17.7 Å². The van der Waals surface area contributed by atoms with Crippen LogP contribution in [0.3, 0.4) is 0 Å². The number of carbonyl (C=O) groups excluding carboxylic acids is 5. The molecule has 1 saturated carbocycles. The maximum atomic E-state index is 12.5. The highest BCUT2D eigenvalue weighted by Crippen LogP contribution is 2.35. The van der Waals surface area contributed by atoms with Crippen LogP contribution < -0.4 is 5.32 Å². The normalized spacial score (nSPS) is 20.4. The smallest absolute Gasteiger partial charge is 0.330 e. The van der Waals surface area contributed by atoms with Crippen molar-refractivity contribution in [3.63, 3.8) is 0 Å². The molecule has 0 radical (unpaired) electrons. The molecule has 5 amide bonds. The van der Waals surface area contributed by atoms with Crippen LogP contribution in [0.1, 0.15) is 52.8 Å². The number of nitrogens with one attached hydrogen (secondary N) is 1. The Morgan fingerprint density at radius 3 is 2.22 bits per heavy atom. The molecule has 2 fully saturated rings. The molecule has 1 aromatic carbocycles. The van der Waals surface area contributed by atoms with Gasteiger partial charge in [0.05, 0.1) is 17.5 Å². The van der Waals surface area contributed by atoms with Gasteiger partial charge in [0.2, 0.25) is 0 Å². The van der Waals surface area contributed by atoms with Gasteiger partial charge in [-0.3, -0.25) is 19.3 Å². The summed E-state index contributed by atoms with van der Waals surface area (Å²) in [6, 6.07) is 5.61. The van der Waals surface area contributed by atoms with Crippen molar-refractivity contribution < 1.29 is 28.8 Å². The van der Waals surface area contributed by atoms with Crippen LogP contribution in [0.5, 0.6) is 0 Å². The van der Waals surface area contributed by atoms with Crippen LogP contribution in [0.15, 0.2) is 24.3 Å². The van der Waals surface area contributed by atoms with Crippen LogP contribution in [-0.4, -0.2) is 51.8 Å². The molecule has 0 aromatic heterocycles. The second-order valence-electron chi connectivity index (χ2n) is 6.84. The van der Waals surface area contributed by atoms with Crippen LogP contribution in [0.2, 0.25) is 0 Å². The Hall–Kier alpha value is -3.23. The van der Waals surface area contributed by atoms with E-state index in [1.165, 1.54) is 12.1 Å². The van der Waals surface area contributed by atoms with Crippen LogP contribution in [0, 0.1) is 0 Å². The van der Waals surface area contributed by atoms with Gasteiger partial charge in [-0.1, -0.05) is 30.0 Å². The number of hydroxylamine groups is 2. The van der Waals surface area contributed by atoms with Crippen molar-refractivity contribution in [2.75, 3.05) is 6.54 Å². The molecule has 1 aromatic rings. The van der Waals surface area contributed by atoms with Gasteiger partial charge in [-0.15, -0.1) is 0 Å². The van der Waals surface area contributed by atoms with E-state index >= 15 is 0 Å². The van der Waals surface area contributed by atoms with Crippen LogP contribution in [0.25, 0.3) is 0 Å². The van der Waals surface area contributed by atoms with Gasteiger partial charge in [0.15, 0.2) is 0 Å².